The normalized spacial score (nSPS) is 23.1. The lowest BCUT2D eigenvalue weighted by Gasteiger charge is -2.41. The van der Waals surface area contributed by atoms with Gasteiger partial charge in [-0.2, -0.15) is 26.3 Å². The van der Waals surface area contributed by atoms with Gasteiger partial charge in [0.1, 0.15) is 11.7 Å². The zero-order chi connectivity index (χ0) is 20.1. The Hall–Kier alpha value is -2.10. The number of nitrogens with zero attached hydrogens (tertiary/aromatic N) is 1. The van der Waals surface area contributed by atoms with Gasteiger partial charge in [-0.05, 0) is 31.0 Å². The van der Waals surface area contributed by atoms with Crippen LogP contribution in [0.4, 0.5) is 32.0 Å². The molecule has 1 aliphatic rings. The predicted molar refractivity (Wildman–Crippen MR) is 78.4 cm³/mol. The fraction of sp³-hybridized carbons (Fsp3) is 0.500. The van der Waals surface area contributed by atoms with E-state index in [1.807, 2.05) is 0 Å². The number of ketones is 1. The van der Waals surface area contributed by atoms with Gasteiger partial charge in [0, 0.05) is 5.69 Å². The Kier molecular flexibility index (Phi) is 4.86. The van der Waals surface area contributed by atoms with Gasteiger partial charge in [0.05, 0.1) is 13.0 Å². The molecule has 1 aromatic carbocycles. The lowest BCUT2D eigenvalue weighted by Crippen LogP contribution is -2.62. The zero-order valence-corrected chi connectivity index (χ0v) is 13.7. The molecule has 1 amide bonds. The van der Waals surface area contributed by atoms with E-state index in [1.165, 1.54) is 0 Å². The number of halogens is 6. The number of hydrogen-bond donors (Lipinski definition) is 1. The van der Waals surface area contributed by atoms with E-state index in [0.29, 0.717) is 6.92 Å². The van der Waals surface area contributed by atoms with E-state index in [9.17, 15) is 35.9 Å². The molecule has 2 unspecified atom stereocenters. The number of carbonyl (C=O) groups is 2. The number of aliphatic hydroxyl groups is 1. The van der Waals surface area contributed by atoms with Crippen LogP contribution in [0.25, 0.3) is 0 Å². The molecule has 1 aliphatic heterocycles. The Bertz CT molecular complexity index is 742. The van der Waals surface area contributed by atoms with Gasteiger partial charge in [0.15, 0.2) is 5.54 Å². The third-order valence-corrected chi connectivity index (χ3v) is 4.40. The number of hydrogen-bond acceptors (Lipinski definition) is 3. The number of fused-ring (bicyclic) bond motifs is 1. The van der Waals surface area contributed by atoms with Crippen molar-refractivity contribution in [1.29, 1.82) is 0 Å². The van der Waals surface area contributed by atoms with Gasteiger partial charge >= 0.3 is 12.4 Å². The summed E-state index contributed by atoms with van der Waals surface area (Å²) in [6.07, 6.45) is -11.7. The molecule has 2 rings (SSSR count). The number of Topliss-reactive ketones (excluding diaryl/α,β-unsaturated/α-hetero) is 1. The van der Waals surface area contributed by atoms with Crippen LogP contribution in [0.1, 0.15) is 37.3 Å². The second kappa shape index (κ2) is 6.26. The van der Waals surface area contributed by atoms with Crippen molar-refractivity contribution in [2.24, 2.45) is 0 Å². The largest absolute Gasteiger partial charge is 0.412 e. The highest BCUT2D eigenvalue weighted by atomic mass is 19.4. The van der Waals surface area contributed by atoms with Gasteiger partial charge in [0.2, 0.25) is 5.91 Å². The first-order valence-electron chi connectivity index (χ1n) is 7.44. The average molecular weight is 383 g/mol. The Labute approximate surface area is 144 Å². The molecule has 4 nitrogen and oxygen atoms in total. The van der Waals surface area contributed by atoms with Crippen LogP contribution >= 0.6 is 0 Å². The summed E-state index contributed by atoms with van der Waals surface area (Å²) in [5.41, 5.74) is -4.98. The van der Waals surface area contributed by atoms with Crippen LogP contribution in [0.2, 0.25) is 0 Å². The molecule has 10 heteroatoms. The summed E-state index contributed by atoms with van der Waals surface area (Å²) in [5.74, 6) is -5.20. The van der Waals surface area contributed by atoms with Crippen molar-refractivity contribution >= 4 is 17.4 Å². The highest BCUT2D eigenvalue weighted by Gasteiger charge is 2.72. The lowest BCUT2D eigenvalue weighted by molar-refractivity contribution is -0.234. The second-order valence-corrected chi connectivity index (χ2v) is 6.28. The fourth-order valence-electron chi connectivity index (χ4n) is 3.29. The van der Waals surface area contributed by atoms with Crippen LogP contribution in [0, 0.1) is 0 Å². The highest BCUT2D eigenvalue weighted by molar-refractivity contribution is 6.07. The second-order valence-electron chi connectivity index (χ2n) is 6.28. The quantitative estimate of drug-likeness (QED) is 0.642. The number of alkyl halides is 6. The Morgan fingerprint density at radius 3 is 2.19 bits per heavy atom. The molecule has 0 radical (unpaired) electrons. The number of amides is 1. The van der Waals surface area contributed by atoms with E-state index >= 15 is 0 Å². The molecule has 0 bridgehead atoms. The van der Waals surface area contributed by atoms with Crippen molar-refractivity contribution < 1.29 is 41.0 Å². The highest BCUT2D eigenvalue weighted by Crippen LogP contribution is 2.60. The van der Waals surface area contributed by atoms with Gasteiger partial charge < -0.3 is 5.11 Å². The number of carbonyl (C=O) groups excluding carboxylic acids is 2. The molecule has 0 fully saturated rings. The summed E-state index contributed by atoms with van der Waals surface area (Å²) in [6.45, 7) is 0.569. The van der Waals surface area contributed by atoms with Crippen LogP contribution in [-0.2, 0) is 16.2 Å². The number of rotatable bonds is 3. The minimum Gasteiger partial charge on any atom is -0.392 e. The first kappa shape index (κ1) is 20.2. The number of benzene rings is 1. The smallest absolute Gasteiger partial charge is 0.392 e. The molecule has 0 aliphatic carbocycles. The lowest BCUT2D eigenvalue weighted by atomic mass is 9.82. The number of anilines is 1. The maximum Gasteiger partial charge on any atom is 0.412 e. The van der Waals surface area contributed by atoms with Crippen molar-refractivity contribution in [3.63, 3.8) is 0 Å². The van der Waals surface area contributed by atoms with Crippen molar-refractivity contribution in [3.05, 3.63) is 29.3 Å². The molecule has 0 spiro atoms. The molecule has 1 aromatic rings. The summed E-state index contributed by atoms with van der Waals surface area (Å²) in [6, 6.07) is 2.86. The van der Waals surface area contributed by atoms with Crippen LogP contribution in [0.3, 0.4) is 0 Å². The Morgan fingerprint density at radius 1 is 1.19 bits per heavy atom. The maximum atomic E-state index is 13.8. The number of aliphatic hydroxyl groups excluding tert-OH is 1. The van der Waals surface area contributed by atoms with Gasteiger partial charge in [-0.15, -0.1) is 0 Å². The summed E-state index contributed by atoms with van der Waals surface area (Å²) < 4.78 is 82.3. The summed E-state index contributed by atoms with van der Waals surface area (Å²) >= 11 is 0. The van der Waals surface area contributed by atoms with E-state index in [0.717, 1.165) is 25.1 Å². The SMILES string of the molecule is CC(=O)CC(=O)N1c2ccc(CO)cc2C(C(F)(F)F)C1(C)C(F)(F)F. The molecular weight excluding hydrogens is 368 g/mol. The first-order valence-corrected chi connectivity index (χ1v) is 7.44. The Morgan fingerprint density at radius 2 is 1.77 bits per heavy atom. The summed E-state index contributed by atoms with van der Waals surface area (Å²) in [5, 5.41) is 9.11. The summed E-state index contributed by atoms with van der Waals surface area (Å²) in [4.78, 5) is 23.5. The zero-order valence-electron chi connectivity index (χ0n) is 13.7. The molecule has 1 N–H and O–H groups in total. The van der Waals surface area contributed by atoms with Crippen molar-refractivity contribution in [1.82, 2.24) is 0 Å². The molecule has 26 heavy (non-hydrogen) atoms. The van der Waals surface area contributed by atoms with Gasteiger partial charge in [-0.3, -0.25) is 14.5 Å². The fourth-order valence-corrected chi connectivity index (χ4v) is 3.29. The topological polar surface area (TPSA) is 57.6 Å². The summed E-state index contributed by atoms with van der Waals surface area (Å²) in [7, 11) is 0. The van der Waals surface area contributed by atoms with Crippen molar-refractivity contribution in [2.45, 2.75) is 50.7 Å². The molecule has 144 valence electrons. The third kappa shape index (κ3) is 3.06. The van der Waals surface area contributed by atoms with Gasteiger partial charge in [0.25, 0.3) is 0 Å². The van der Waals surface area contributed by atoms with Crippen LogP contribution < -0.4 is 4.90 Å². The van der Waals surface area contributed by atoms with E-state index in [1.54, 1.807) is 0 Å². The molecular formula is C16H15F6NO3. The van der Waals surface area contributed by atoms with Crippen LogP contribution in [0.15, 0.2) is 18.2 Å². The maximum absolute atomic E-state index is 13.8. The molecule has 2 atom stereocenters. The molecule has 0 saturated carbocycles. The van der Waals surface area contributed by atoms with Crippen molar-refractivity contribution in [3.8, 4) is 0 Å². The monoisotopic (exact) mass is 383 g/mol. The van der Waals surface area contributed by atoms with E-state index in [4.69, 9.17) is 5.11 Å². The molecule has 0 saturated heterocycles. The van der Waals surface area contributed by atoms with E-state index in [-0.39, 0.29) is 10.5 Å². The predicted octanol–water partition coefficient (Wildman–Crippen LogP) is 3.47. The standard InChI is InChI=1S/C16H15F6NO3/c1-8(25)5-12(26)23-11-4-3-9(7-24)6-10(11)13(15(17,18)19)14(23,2)16(20,21)22/h3-4,6,13,24H,5,7H2,1-2H3. The first-order chi connectivity index (χ1) is 11.7. The third-order valence-electron chi connectivity index (χ3n) is 4.40. The Balaban J connectivity index is 2.81. The van der Waals surface area contributed by atoms with Gasteiger partial charge in [-0.25, -0.2) is 0 Å². The minimum absolute atomic E-state index is 0.0169. The van der Waals surface area contributed by atoms with Crippen molar-refractivity contribution in [2.75, 3.05) is 4.90 Å². The van der Waals surface area contributed by atoms with E-state index in [2.05, 4.69) is 0 Å². The minimum atomic E-state index is -5.43. The van der Waals surface area contributed by atoms with Crippen LogP contribution in [-0.4, -0.2) is 34.7 Å². The van der Waals surface area contributed by atoms with Gasteiger partial charge in [-0.1, -0.05) is 12.1 Å². The molecule has 1 heterocycles. The van der Waals surface area contributed by atoms with Crippen LogP contribution in [0.5, 0.6) is 0 Å². The average Bonchev–Trinajstić information content (AvgIpc) is 2.74. The molecule has 0 aromatic heterocycles. The van der Waals surface area contributed by atoms with E-state index < -0.39 is 59.8 Å².